The fraction of sp³-hybridized carbons (Fsp3) is 0.414. The van der Waals surface area contributed by atoms with E-state index in [1.165, 1.54) is 37.2 Å². The molecule has 210 valence electrons. The van der Waals surface area contributed by atoms with Crippen LogP contribution in [0.2, 0.25) is 0 Å². The molecular weight excluding hydrogens is 521 g/mol. The molecule has 10 nitrogen and oxygen atoms in total. The van der Waals surface area contributed by atoms with Gasteiger partial charge in [-0.25, -0.2) is 4.39 Å². The van der Waals surface area contributed by atoms with Crippen LogP contribution in [-0.4, -0.2) is 69.9 Å². The summed E-state index contributed by atoms with van der Waals surface area (Å²) in [4.78, 5) is 67.6. The highest BCUT2D eigenvalue weighted by Crippen LogP contribution is 2.51. The number of primary amides is 1. The number of phenolic OH excluding ortho intramolecular Hbond substituents is 1. The standard InChI is InChI=1S/C29H30FN3O7/c1-33(2)23-18-10-15-9-17-14(12-32-11-13-3-6-16(30)7-4-13)5-8-19(34)21(17)24(35)20(15)26(37)29(18,40)27(38)22(25(23)36)28(31)39/h3-8,15,18,20,22-23,32,34,40H,9-12H2,1-2H3,(H2,31,39)/t15-,18-,20?,22?,23-,29-/m0/s1. The van der Waals surface area contributed by atoms with Crippen molar-refractivity contribution in [3.8, 4) is 5.75 Å². The number of hydrogen-bond donors (Lipinski definition) is 4. The Kier molecular flexibility index (Phi) is 6.93. The van der Waals surface area contributed by atoms with Crippen LogP contribution in [-0.2, 0) is 38.7 Å². The first-order valence-corrected chi connectivity index (χ1v) is 13.0. The number of nitrogens with one attached hydrogen (secondary N) is 1. The highest BCUT2D eigenvalue weighted by atomic mass is 19.1. The number of carbonyl (C=O) groups excluding carboxylic acids is 5. The number of ketones is 4. The number of amides is 1. The van der Waals surface area contributed by atoms with Gasteiger partial charge in [-0.1, -0.05) is 18.2 Å². The number of carbonyl (C=O) groups is 5. The minimum absolute atomic E-state index is 0.0119. The minimum Gasteiger partial charge on any atom is -0.507 e. The summed E-state index contributed by atoms with van der Waals surface area (Å²) >= 11 is 0. The monoisotopic (exact) mass is 551 g/mol. The summed E-state index contributed by atoms with van der Waals surface area (Å²) in [5.41, 5.74) is 4.64. The smallest absolute Gasteiger partial charge is 0.235 e. The summed E-state index contributed by atoms with van der Waals surface area (Å²) in [6, 6.07) is 7.88. The van der Waals surface area contributed by atoms with Crippen LogP contribution < -0.4 is 11.1 Å². The van der Waals surface area contributed by atoms with Crippen molar-refractivity contribution in [3.05, 3.63) is 64.5 Å². The van der Waals surface area contributed by atoms with Crippen LogP contribution in [0.4, 0.5) is 4.39 Å². The fourth-order valence-electron chi connectivity index (χ4n) is 6.78. The number of hydrogen-bond acceptors (Lipinski definition) is 9. The third-order valence-corrected chi connectivity index (χ3v) is 8.60. The molecule has 0 spiro atoms. The number of Topliss-reactive ketones (excluding diaryl/α,β-unsaturated/α-hetero) is 4. The first kappa shape index (κ1) is 27.8. The Bertz CT molecular complexity index is 1440. The largest absolute Gasteiger partial charge is 0.507 e. The van der Waals surface area contributed by atoms with Gasteiger partial charge in [0.1, 0.15) is 11.6 Å². The van der Waals surface area contributed by atoms with Crippen molar-refractivity contribution in [1.29, 1.82) is 0 Å². The molecule has 2 aromatic rings. The molecule has 0 bridgehead atoms. The summed E-state index contributed by atoms with van der Waals surface area (Å²) in [7, 11) is 3.08. The Morgan fingerprint density at radius 3 is 2.38 bits per heavy atom. The zero-order valence-corrected chi connectivity index (χ0v) is 22.0. The second-order valence-electron chi connectivity index (χ2n) is 11.1. The summed E-state index contributed by atoms with van der Waals surface area (Å²) < 4.78 is 13.2. The number of aliphatic hydroxyl groups is 1. The molecule has 2 aromatic carbocycles. The third kappa shape index (κ3) is 4.16. The summed E-state index contributed by atoms with van der Waals surface area (Å²) in [6.45, 7) is 0.725. The second-order valence-corrected chi connectivity index (χ2v) is 11.1. The molecule has 40 heavy (non-hydrogen) atoms. The van der Waals surface area contributed by atoms with E-state index in [4.69, 9.17) is 5.73 Å². The predicted molar refractivity (Wildman–Crippen MR) is 138 cm³/mol. The van der Waals surface area contributed by atoms with Crippen molar-refractivity contribution in [3.63, 3.8) is 0 Å². The Balaban J connectivity index is 1.50. The number of fused-ring (bicyclic) bond motifs is 3. The van der Waals surface area contributed by atoms with Gasteiger partial charge >= 0.3 is 0 Å². The Labute approximate surface area is 229 Å². The van der Waals surface area contributed by atoms with Gasteiger partial charge in [0.05, 0.1) is 17.5 Å². The maximum atomic E-state index is 13.8. The highest BCUT2D eigenvalue weighted by Gasteiger charge is 2.69. The average Bonchev–Trinajstić information content (AvgIpc) is 2.88. The van der Waals surface area contributed by atoms with Crippen molar-refractivity contribution in [1.82, 2.24) is 10.2 Å². The molecule has 0 heterocycles. The van der Waals surface area contributed by atoms with Crippen LogP contribution in [0.15, 0.2) is 36.4 Å². The van der Waals surface area contributed by atoms with E-state index < -0.39 is 64.4 Å². The summed E-state index contributed by atoms with van der Waals surface area (Å²) in [6.07, 6.45) is 0.176. The molecule has 6 atom stereocenters. The molecule has 5 rings (SSSR count). The van der Waals surface area contributed by atoms with E-state index in [0.29, 0.717) is 24.2 Å². The Morgan fingerprint density at radius 1 is 1.07 bits per heavy atom. The molecular formula is C29H30FN3O7. The first-order chi connectivity index (χ1) is 18.9. The van der Waals surface area contributed by atoms with Gasteiger partial charge in [-0.2, -0.15) is 0 Å². The maximum absolute atomic E-state index is 13.8. The molecule has 2 unspecified atom stereocenters. The molecule has 0 radical (unpaired) electrons. The molecule has 5 N–H and O–H groups in total. The molecule has 3 aliphatic carbocycles. The van der Waals surface area contributed by atoms with Crippen molar-refractivity contribution in [2.24, 2.45) is 29.4 Å². The molecule has 0 aliphatic heterocycles. The lowest BCUT2D eigenvalue weighted by Gasteiger charge is -2.52. The van der Waals surface area contributed by atoms with Crippen LogP contribution in [0.1, 0.15) is 33.5 Å². The van der Waals surface area contributed by atoms with Crippen LogP contribution in [0, 0.1) is 29.5 Å². The van der Waals surface area contributed by atoms with Gasteiger partial charge in [-0.15, -0.1) is 0 Å². The Hall–Kier alpha value is -3.80. The number of halogens is 1. The van der Waals surface area contributed by atoms with Crippen molar-refractivity contribution in [2.45, 2.75) is 37.6 Å². The fourth-order valence-corrected chi connectivity index (χ4v) is 6.78. The zero-order valence-electron chi connectivity index (χ0n) is 22.0. The first-order valence-electron chi connectivity index (χ1n) is 13.0. The number of likely N-dealkylation sites (N-methyl/N-ethyl adjacent to an activating group) is 1. The Morgan fingerprint density at radius 2 is 1.75 bits per heavy atom. The van der Waals surface area contributed by atoms with Crippen LogP contribution in [0.3, 0.4) is 0 Å². The van der Waals surface area contributed by atoms with Crippen LogP contribution >= 0.6 is 0 Å². The van der Waals surface area contributed by atoms with Crippen LogP contribution in [0.5, 0.6) is 5.75 Å². The minimum atomic E-state index is -2.75. The van der Waals surface area contributed by atoms with Crippen LogP contribution in [0.25, 0.3) is 0 Å². The molecule has 2 fully saturated rings. The maximum Gasteiger partial charge on any atom is 0.235 e. The second kappa shape index (κ2) is 9.99. The average molecular weight is 552 g/mol. The molecule has 0 aromatic heterocycles. The summed E-state index contributed by atoms with van der Waals surface area (Å²) in [5.74, 6) is -11.1. The van der Waals surface area contributed by atoms with Gasteiger partial charge in [-0.3, -0.25) is 28.9 Å². The third-order valence-electron chi connectivity index (χ3n) is 8.60. The van der Waals surface area contributed by atoms with Gasteiger partial charge in [0.15, 0.2) is 34.7 Å². The number of nitrogens with zero attached hydrogens (tertiary/aromatic N) is 1. The molecule has 1 amide bonds. The van der Waals surface area contributed by atoms with Crippen molar-refractivity contribution in [2.75, 3.05) is 14.1 Å². The molecule has 0 saturated heterocycles. The number of aromatic hydroxyl groups is 1. The van der Waals surface area contributed by atoms with E-state index in [-0.39, 0.29) is 30.0 Å². The van der Waals surface area contributed by atoms with E-state index in [9.17, 15) is 38.6 Å². The van der Waals surface area contributed by atoms with E-state index in [2.05, 4.69) is 5.32 Å². The van der Waals surface area contributed by atoms with E-state index >= 15 is 0 Å². The van der Waals surface area contributed by atoms with Crippen molar-refractivity contribution >= 4 is 29.0 Å². The van der Waals surface area contributed by atoms with E-state index in [0.717, 1.165) is 5.56 Å². The van der Waals surface area contributed by atoms with E-state index in [1.54, 1.807) is 18.2 Å². The van der Waals surface area contributed by atoms with Gasteiger partial charge < -0.3 is 21.3 Å². The normalized spacial score (nSPS) is 29.7. The topological polar surface area (TPSA) is 167 Å². The molecule has 2 saturated carbocycles. The lowest BCUT2D eigenvalue weighted by molar-refractivity contribution is -0.181. The highest BCUT2D eigenvalue weighted by molar-refractivity contribution is 6.32. The SMILES string of the molecule is CN(C)[C@@H]1C(=O)C(C(N)=O)C(=O)[C@@]2(O)C(=O)C3C(=O)c4c(O)ccc(CNCc5ccc(F)cc5)c4C[C@H]3C[C@@H]12. The lowest BCUT2D eigenvalue weighted by Crippen LogP contribution is -2.74. The number of benzene rings is 2. The van der Waals surface area contributed by atoms with Gasteiger partial charge in [0.2, 0.25) is 5.91 Å². The van der Waals surface area contributed by atoms with Crippen molar-refractivity contribution < 1.29 is 38.6 Å². The lowest BCUT2D eigenvalue weighted by atomic mass is 9.52. The molecule has 11 heteroatoms. The van der Waals surface area contributed by atoms with E-state index in [1.807, 2.05) is 0 Å². The predicted octanol–water partition coefficient (Wildman–Crippen LogP) is 0.296. The number of phenols is 1. The quantitative estimate of drug-likeness (QED) is 0.369. The summed E-state index contributed by atoms with van der Waals surface area (Å²) in [5, 5.41) is 25.5. The number of nitrogens with two attached hydrogens (primary N) is 1. The molecule has 3 aliphatic rings. The number of rotatable bonds is 6. The van der Waals surface area contributed by atoms with Gasteiger partial charge in [0.25, 0.3) is 0 Å². The van der Waals surface area contributed by atoms with Gasteiger partial charge in [0, 0.05) is 19.0 Å². The van der Waals surface area contributed by atoms with Gasteiger partial charge in [-0.05, 0) is 67.7 Å². The zero-order chi connectivity index (χ0) is 29.1.